The summed E-state index contributed by atoms with van der Waals surface area (Å²) >= 11 is 0. The van der Waals surface area contributed by atoms with Crippen molar-refractivity contribution in [3.8, 4) is 17.2 Å². The molecule has 1 aromatic heterocycles. The SMILES string of the molecule is CCN(CC)C(CNC(=NC)NCc1cc(OC)c(OC)c(OC)c1)c1ccco1.I. The van der Waals surface area contributed by atoms with E-state index in [-0.39, 0.29) is 30.0 Å². The van der Waals surface area contributed by atoms with Crippen LogP contribution in [-0.2, 0) is 6.54 Å². The predicted molar refractivity (Wildman–Crippen MR) is 134 cm³/mol. The average molecular weight is 546 g/mol. The molecule has 2 rings (SSSR count). The Hall–Kier alpha value is -2.14. The minimum atomic E-state index is 0. The lowest BCUT2D eigenvalue weighted by Gasteiger charge is -2.28. The zero-order chi connectivity index (χ0) is 21.9. The molecule has 8 nitrogen and oxygen atoms in total. The van der Waals surface area contributed by atoms with Gasteiger partial charge in [-0.1, -0.05) is 13.8 Å². The number of nitrogens with one attached hydrogen (secondary N) is 2. The first-order chi connectivity index (χ1) is 14.6. The van der Waals surface area contributed by atoms with Crippen LogP contribution in [0.3, 0.4) is 0 Å². The molecule has 2 aromatic rings. The third-order valence-electron chi connectivity index (χ3n) is 5.00. The summed E-state index contributed by atoms with van der Waals surface area (Å²) in [4.78, 5) is 6.69. The Kier molecular flexibility index (Phi) is 12.2. The van der Waals surface area contributed by atoms with E-state index in [4.69, 9.17) is 18.6 Å². The third-order valence-corrected chi connectivity index (χ3v) is 5.00. The van der Waals surface area contributed by atoms with Crippen molar-refractivity contribution in [3.05, 3.63) is 41.9 Å². The molecule has 0 bridgehead atoms. The molecule has 0 aliphatic carbocycles. The number of likely N-dealkylation sites (N-methyl/N-ethyl adjacent to an activating group) is 1. The van der Waals surface area contributed by atoms with Gasteiger partial charge in [-0.05, 0) is 42.9 Å². The van der Waals surface area contributed by atoms with Gasteiger partial charge in [-0.25, -0.2) is 0 Å². The molecule has 0 saturated carbocycles. The summed E-state index contributed by atoms with van der Waals surface area (Å²) in [6.45, 7) is 7.38. The highest BCUT2D eigenvalue weighted by molar-refractivity contribution is 14.0. The smallest absolute Gasteiger partial charge is 0.203 e. The lowest BCUT2D eigenvalue weighted by Crippen LogP contribution is -2.42. The van der Waals surface area contributed by atoms with E-state index in [0.717, 1.165) is 24.4 Å². The molecule has 0 saturated heterocycles. The van der Waals surface area contributed by atoms with Crippen molar-refractivity contribution in [2.45, 2.75) is 26.4 Å². The molecular weight excluding hydrogens is 511 g/mol. The van der Waals surface area contributed by atoms with Gasteiger partial charge in [0.1, 0.15) is 5.76 Å². The maximum Gasteiger partial charge on any atom is 0.203 e. The fourth-order valence-corrected chi connectivity index (χ4v) is 3.39. The molecule has 9 heteroatoms. The standard InChI is InChI=1S/C22H34N4O4.HI/c1-7-26(8-2)17(18-10-9-11-30-18)15-25-22(23-3)24-14-16-12-19(27-4)21(29-6)20(13-16)28-5;/h9-13,17H,7-8,14-15H2,1-6H3,(H2,23,24,25);1H. The second kappa shape index (κ2) is 14.0. The van der Waals surface area contributed by atoms with Gasteiger partial charge in [0.25, 0.3) is 0 Å². The van der Waals surface area contributed by atoms with Gasteiger partial charge in [-0.2, -0.15) is 0 Å². The first-order valence-electron chi connectivity index (χ1n) is 10.1. The van der Waals surface area contributed by atoms with Gasteiger partial charge in [-0.3, -0.25) is 9.89 Å². The molecule has 1 heterocycles. The molecular formula is C22H35IN4O4. The first-order valence-corrected chi connectivity index (χ1v) is 10.1. The molecule has 2 N–H and O–H groups in total. The van der Waals surface area contributed by atoms with E-state index in [1.165, 1.54) is 0 Å². The maximum atomic E-state index is 5.67. The van der Waals surface area contributed by atoms with E-state index in [2.05, 4.69) is 34.4 Å². The van der Waals surface area contributed by atoms with Crippen LogP contribution in [0.2, 0.25) is 0 Å². The lowest BCUT2D eigenvalue weighted by molar-refractivity contribution is 0.193. The van der Waals surface area contributed by atoms with E-state index < -0.39 is 0 Å². The number of rotatable bonds is 11. The Morgan fingerprint density at radius 3 is 2.16 bits per heavy atom. The molecule has 0 aliphatic rings. The van der Waals surface area contributed by atoms with E-state index in [0.29, 0.717) is 36.3 Å². The van der Waals surface area contributed by atoms with Crippen LogP contribution in [-0.4, -0.2) is 58.9 Å². The number of ether oxygens (including phenoxy) is 3. The van der Waals surface area contributed by atoms with E-state index in [9.17, 15) is 0 Å². The summed E-state index contributed by atoms with van der Waals surface area (Å²) < 4.78 is 21.9. The average Bonchev–Trinajstić information content (AvgIpc) is 3.32. The highest BCUT2D eigenvalue weighted by atomic mass is 127. The second-order valence-electron chi connectivity index (χ2n) is 6.59. The number of furan rings is 1. The van der Waals surface area contributed by atoms with Crippen molar-refractivity contribution >= 4 is 29.9 Å². The summed E-state index contributed by atoms with van der Waals surface area (Å²) in [5.74, 6) is 3.46. The molecule has 174 valence electrons. The highest BCUT2D eigenvalue weighted by Gasteiger charge is 2.21. The topological polar surface area (TPSA) is 80.5 Å². The first kappa shape index (κ1) is 26.9. The molecule has 0 spiro atoms. The van der Waals surface area contributed by atoms with Crippen LogP contribution < -0.4 is 24.8 Å². The molecule has 31 heavy (non-hydrogen) atoms. The van der Waals surface area contributed by atoms with Gasteiger partial charge in [-0.15, -0.1) is 24.0 Å². The van der Waals surface area contributed by atoms with Crippen LogP contribution in [0.15, 0.2) is 39.9 Å². The summed E-state index contributed by atoms with van der Waals surface area (Å²) in [7, 11) is 6.56. The Balaban J connectivity index is 0.00000480. The minimum absolute atomic E-state index is 0. The van der Waals surface area contributed by atoms with Crippen LogP contribution in [0.5, 0.6) is 17.2 Å². The van der Waals surface area contributed by atoms with Crippen LogP contribution >= 0.6 is 24.0 Å². The number of halogens is 1. The van der Waals surface area contributed by atoms with E-state index in [1.54, 1.807) is 34.6 Å². The summed E-state index contributed by atoms with van der Waals surface area (Å²) in [6.07, 6.45) is 1.71. The number of hydrogen-bond acceptors (Lipinski definition) is 6. The van der Waals surface area contributed by atoms with Gasteiger partial charge < -0.3 is 29.3 Å². The number of aliphatic imine (C=N–C) groups is 1. The molecule has 0 fully saturated rings. The fourth-order valence-electron chi connectivity index (χ4n) is 3.39. The van der Waals surface area contributed by atoms with Gasteiger partial charge in [0.2, 0.25) is 5.75 Å². The number of methoxy groups -OCH3 is 3. The summed E-state index contributed by atoms with van der Waals surface area (Å²) in [5, 5.41) is 6.75. The van der Waals surface area contributed by atoms with Crippen LogP contribution in [0, 0.1) is 0 Å². The van der Waals surface area contributed by atoms with Crippen molar-refractivity contribution in [1.82, 2.24) is 15.5 Å². The van der Waals surface area contributed by atoms with Crippen molar-refractivity contribution in [1.29, 1.82) is 0 Å². The normalized spacial score (nSPS) is 12.2. The molecule has 1 unspecified atom stereocenters. The Morgan fingerprint density at radius 2 is 1.71 bits per heavy atom. The number of nitrogens with zero attached hydrogens (tertiary/aromatic N) is 2. The monoisotopic (exact) mass is 546 g/mol. The fraction of sp³-hybridized carbons (Fsp3) is 0.500. The zero-order valence-corrected chi connectivity index (χ0v) is 21.6. The zero-order valence-electron chi connectivity index (χ0n) is 19.2. The van der Waals surface area contributed by atoms with Gasteiger partial charge >= 0.3 is 0 Å². The highest BCUT2D eigenvalue weighted by Crippen LogP contribution is 2.38. The Bertz CT molecular complexity index is 770. The van der Waals surface area contributed by atoms with Crippen molar-refractivity contribution < 1.29 is 18.6 Å². The number of benzene rings is 1. The quantitative estimate of drug-likeness (QED) is 0.253. The number of hydrogen-bond donors (Lipinski definition) is 2. The predicted octanol–water partition coefficient (Wildman–Crippen LogP) is 3.67. The maximum absolute atomic E-state index is 5.67. The molecule has 0 aliphatic heterocycles. The van der Waals surface area contributed by atoms with Gasteiger partial charge in [0.05, 0.1) is 33.6 Å². The molecule has 1 atom stereocenters. The van der Waals surface area contributed by atoms with E-state index >= 15 is 0 Å². The lowest BCUT2D eigenvalue weighted by atomic mass is 10.1. The van der Waals surface area contributed by atoms with Crippen LogP contribution in [0.4, 0.5) is 0 Å². The molecule has 0 amide bonds. The Morgan fingerprint density at radius 1 is 1.06 bits per heavy atom. The number of guanidine groups is 1. The van der Waals surface area contributed by atoms with Gasteiger partial charge in [0, 0.05) is 20.1 Å². The third kappa shape index (κ3) is 7.20. The molecule has 0 radical (unpaired) electrons. The van der Waals surface area contributed by atoms with Crippen LogP contribution in [0.1, 0.15) is 31.2 Å². The van der Waals surface area contributed by atoms with Crippen molar-refractivity contribution in [2.24, 2.45) is 4.99 Å². The Labute approximate surface area is 202 Å². The minimum Gasteiger partial charge on any atom is -0.493 e. The van der Waals surface area contributed by atoms with E-state index in [1.807, 2.05) is 24.3 Å². The largest absolute Gasteiger partial charge is 0.493 e. The summed E-state index contributed by atoms with van der Waals surface area (Å²) in [5.41, 5.74) is 0.985. The molecule has 1 aromatic carbocycles. The van der Waals surface area contributed by atoms with Crippen molar-refractivity contribution in [2.75, 3.05) is 48.0 Å². The van der Waals surface area contributed by atoms with Crippen molar-refractivity contribution in [3.63, 3.8) is 0 Å². The summed E-state index contributed by atoms with van der Waals surface area (Å²) in [6, 6.07) is 7.89. The second-order valence-corrected chi connectivity index (χ2v) is 6.59. The van der Waals surface area contributed by atoms with Gasteiger partial charge in [0.15, 0.2) is 17.5 Å². The van der Waals surface area contributed by atoms with Crippen LogP contribution in [0.25, 0.3) is 0 Å².